The van der Waals surface area contributed by atoms with Crippen molar-refractivity contribution in [3.63, 3.8) is 0 Å². The fraction of sp³-hybridized carbons (Fsp3) is 0.292. The highest BCUT2D eigenvalue weighted by Gasteiger charge is 2.37. The van der Waals surface area contributed by atoms with Gasteiger partial charge in [0.25, 0.3) is 5.91 Å². The molecule has 158 valence electrons. The van der Waals surface area contributed by atoms with Crippen molar-refractivity contribution in [3.8, 4) is 0 Å². The predicted molar refractivity (Wildman–Crippen MR) is 121 cm³/mol. The Labute approximate surface area is 180 Å². The van der Waals surface area contributed by atoms with Gasteiger partial charge in [0.2, 0.25) is 0 Å². The number of anilines is 1. The maximum atomic E-state index is 13.0. The molecule has 1 unspecified atom stereocenters. The molecule has 0 saturated carbocycles. The van der Waals surface area contributed by atoms with Crippen LogP contribution in [0, 0.1) is 0 Å². The molecule has 1 amide bonds. The molecule has 7 heteroatoms. The number of nitrogens with one attached hydrogen (secondary N) is 3. The molecule has 4 aromatic rings. The molecule has 4 heterocycles. The first-order valence-electron chi connectivity index (χ1n) is 10.6. The summed E-state index contributed by atoms with van der Waals surface area (Å²) < 4.78 is 1.92. The van der Waals surface area contributed by atoms with Gasteiger partial charge >= 0.3 is 0 Å². The van der Waals surface area contributed by atoms with Crippen LogP contribution in [0.25, 0.3) is 10.9 Å². The van der Waals surface area contributed by atoms with Crippen LogP contribution < -0.4 is 10.6 Å². The van der Waals surface area contributed by atoms with Gasteiger partial charge in [0.1, 0.15) is 11.4 Å². The monoisotopic (exact) mass is 414 g/mol. The number of H-pyrrole nitrogens is 1. The van der Waals surface area contributed by atoms with Crippen molar-refractivity contribution in [2.24, 2.45) is 0 Å². The third-order valence-electron chi connectivity index (χ3n) is 6.00. The standard InChI is InChI=1S/C24H26N6O/c1-24(2)13-21(20-9-5-6-11-25-20)29-22-18(15-28-30(22)24)23(31)26-12-10-16-14-27-19-8-4-3-7-17(16)19/h3-9,11,14-15,21,27,29H,10,12-13H2,1-2H3,(H,26,31). The number of carbonyl (C=O) groups is 1. The Morgan fingerprint density at radius 3 is 2.90 bits per heavy atom. The predicted octanol–water partition coefficient (Wildman–Crippen LogP) is 4.02. The van der Waals surface area contributed by atoms with E-state index in [4.69, 9.17) is 0 Å². The topological polar surface area (TPSA) is 87.6 Å². The summed E-state index contributed by atoms with van der Waals surface area (Å²) in [5.41, 5.74) is 3.61. The maximum absolute atomic E-state index is 13.0. The lowest BCUT2D eigenvalue weighted by atomic mass is 9.91. The van der Waals surface area contributed by atoms with E-state index < -0.39 is 0 Å². The lowest BCUT2D eigenvalue weighted by molar-refractivity contribution is 0.0954. The summed E-state index contributed by atoms with van der Waals surface area (Å²) in [6.45, 7) is 4.83. The molecule has 0 saturated heterocycles. The van der Waals surface area contributed by atoms with Crippen molar-refractivity contribution in [1.82, 2.24) is 25.1 Å². The van der Waals surface area contributed by atoms with Gasteiger partial charge < -0.3 is 15.6 Å². The van der Waals surface area contributed by atoms with Crippen LogP contribution in [-0.4, -0.2) is 32.2 Å². The second kappa shape index (κ2) is 7.58. The van der Waals surface area contributed by atoms with Crippen LogP contribution >= 0.6 is 0 Å². The van der Waals surface area contributed by atoms with Crippen molar-refractivity contribution in [2.45, 2.75) is 38.3 Å². The summed E-state index contributed by atoms with van der Waals surface area (Å²) in [5, 5.41) is 12.3. The highest BCUT2D eigenvalue weighted by molar-refractivity contribution is 5.99. The Kier molecular flexibility index (Phi) is 4.73. The molecule has 0 radical (unpaired) electrons. The lowest BCUT2D eigenvalue weighted by Crippen LogP contribution is -2.39. The molecule has 1 aliphatic heterocycles. The van der Waals surface area contributed by atoms with Gasteiger partial charge in [-0.2, -0.15) is 5.10 Å². The first kappa shape index (κ1) is 19.4. The minimum Gasteiger partial charge on any atom is -0.361 e. The second-order valence-electron chi connectivity index (χ2n) is 8.65. The molecule has 0 aliphatic carbocycles. The summed E-state index contributed by atoms with van der Waals surface area (Å²) in [4.78, 5) is 20.8. The van der Waals surface area contributed by atoms with Crippen molar-refractivity contribution in [1.29, 1.82) is 0 Å². The average Bonchev–Trinajstić information content (AvgIpc) is 3.39. The minimum atomic E-state index is -0.231. The first-order valence-corrected chi connectivity index (χ1v) is 10.6. The number of nitrogens with zero attached hydrogens (tertiary/aromatic N) is 3. The number of aromatic nitrogens is 4. The summed E-state index contributed by atoms with van der Waals surface area (Å²) in [6.07, 6.45) is 7.06. The van der Waals surface area contributed by atoms with Crippen LogP contribution in [0.4, 0.5) is 5.82 Å². The van der Waals surface area contributed by atoms with Crippen LogP contribution in [0.1, 0.15) is 47.9 Å². The third kappa shape index (κ3) is 3.56. The average molecular weight is 415 g/mol. The van der Waals surface area contributed by atoms with Crippen LogP contribution in [0.3, 0.4) is 0 Å². The molecule has 0 bridgehead atoms. The number of amides is 1. The van der Waals surface area contributed by atoms with Crippen LogP contribution in [0.5, 0.6) is 0 Å². The quantitative estimate of drug-likeness (QED) is 0.460. The Balaban J connectivity index is 1.32. The minimum absolute atomic E-state index is 0.0261. The fourth-order valence-electron chi connectivity index (χ4n) is 4.42. The van der Waals surface area contributed by atoms with E-state index in [0.29, 0.717) is 12.1 Å². The van der Waals surface area contributed by atoms with Gasteiger partial charge in [-0.25, -0.2) is 4.68 Å². The maximum Gasteiger partial charge on any atom is 0.256 e. The van der Waals surface area contributed by atoms with Crippen LogP contribution in [0.15, 0.2) is 61.1 Å². The summed E-state index contributed by atoms with van der Waals surface area (Å²) >= 11 is 0. The number of carbonyl (C=O) groups excluding carboxylic acids is 1. The Bertz CT molecular complexity index is 1220. The van der Waals surface area contributed by atoms with Crippen LogP contribution in [-0.2, 0) is 12.0 Å². The van der Waals surface area contributed by atoms with E-state index in [0.717, 1.165) is 29.9 Å². The van der Waals surface area contributed by atoms with Gasteiger partial charge in [-0.3, -0.25) is 9.78 Å². The number of rotatable bonds is 5. The summed E-state index contributed by atoms with van der Waals surface area (Å²) in [5.74, 6) is 0.627. The second-order valence-corrected chi connectivity index (χ2v) is 8.65. The van der Waals surface area contributed by atoms with Gasteiger partial charge in [-0.05, 0) is 50.5 Å². The molecule has 7 nitrogen and oxygen atoms in total. The van der Waals surface area contributed by atoms with E-state index in [2.05, 4.69) is 51.7 Å². The molecular formula is C24H26N6O. The number of pyridine rings is 1. The zero-order valence-electron chi connectivity index (χ0n) is 17.7. The van der Waals surface area contributed by atoms with Gasteiger partial charge in [-0.1, -0.05) is 24.3 Å². The van der Waals surface area contributed by atoms with Crippen molar-refractivity contribution >= 4 is 22.6 Å². The fourth-order valence-corrected chi connectivity index (χ4v) is 4.42. The van der Waals surface area contributed by atoms with E-state index in [-0.39, 0.29) is 17.5 Å². The molecule has 1 aromatic carbocycles. The molecule has 0 spiro atoms. The molecule has 1 atom stereocenters. The van der Waals surface area contributed by atoms with Crippen molar-refractivity contribution in [3.05, 3.63) is 77.9 Å². The highest BCUT2D eigenvalue weighted by atomic mass is 16.1. The smallest absolute Gasteiger partial charge is 0.256 e. The number of fused-ring (bicyclic) bond motifs is 2. The van der Waals surface area contributed by atoms with Gasteiger partial charge in [-0.15, -0.1) is 0 Å². The van der Waals surface area contributed by atoms with E-state index in [9.17, 15) is 4.79 Å². The van der Waals surface area contributed by atoms with Gasteiger partial charge in [0, 0.05) is 29.8 Å². The summed E-state index contributed by atoms with van der Waals surface area (Å²) in [7, 11) is 0. The molecule has 5 rings (SSSR count). The Hall–Kier alpha value is -3.61. The number of hydrogen-bond acceptors (Lipinski definition) is 4. The lowest BCUT2D eigenvalue weighted by Gasteiger charge is -2.37. The number of para-hydroxylation sites is 1. The first-order chi connectivity index (χ1) is 15.0. The molecule has 31 heavy (non-hydrogen) atoms. The van der Waals surface area contributed by atoms with Crippen molar-refractivity contribution in [2.75, 3.05) is 11.9 Å². The van der Waals surface area contributed by atoms with E-state index in [1.165, 1.54) is 10.9 Å². The van der Waals surface area contributed by atoms with Crippen molar-refractivity contribution < 1.29 is 4.79 Å². The SMILES string of the molecule is CC1(C)CC(c2ccccn2)Nc2c(C(=O)NCCc3c[nH]c4ccccc34)cnn21. The van der Waals surface area contributed by atoms with E-state index in [1.54, 1.807) is 12.4 Å². The number of benzene rings is 1. The Morgan fingerprint density at radius 1 is 1.23 bits per heavy atom. The molecule has 3 N–H and O–H groups in total. The normalized spacial score (nSPS) is 17.2. The van der Waals surface area contributed by atoms with Gasteiger partial charge in [0.05, 0.1) is 23.5 Å². The van der Waals surface area contributed by atoms with Gasteiger partial charge in [0.15, 0.2) is 0 Å². The van der Waals surface area contributed by atoms with E-state index >= 15 is 0 Å². The van der Waals surface area contributed by atoms with E-state index in [1.807, 2.05) is 41.2 Å². The third-order valence-corrected chi connectivity index (χ3v) is 6.00. The number of hydrogen-bond donors (Lipinski definition) is 3. The molecule has 1 aliphatic rings. The molecule has 0 fully saturated rings. The Morgan fingerprint density at radius 2 is 2.06 bits per heavy atom. The zero-order chi connectivity index (χ0) is 21.4. The molecule has 3 aromatic heterocycles. The largest absolute Gasteiger partial charge is 0.361 e. The highest BCUT2D eigenvalue weighted by Crippen LogP contribution is 2.39. The summed E-state index contributed by atoms with van der Waals surface area (Å²) in [6, 6.07) is 14.1. The zero-order valence-corrected chi connectivity index (χ0v) is 17.7. The number of aromatic amines is 1. The molecular weight excluding hydrogens is 388 g/mol. The van der Waals surface area contributed by atoms with Crippen LogP contribution in [0.2, 0.25) is 0 Å².